The Labute approximate surface area is 149 Å². The minimum absolute atomic E-state index is 0.116. The van der Waals surface area contributed by atoms with Crippen molar-refractivity contribution in [2.75, 3.05) is 20.1 Å². The number of carbonyl (C=O) groups excluding carboxylic acids is 1. The fraction of sp³-hybridized carbons (Fsp3) is 0.400. The van der Waals surface area contributed by atoms with Crippen LogP contribution in [0.3, 0.4) is 0 Å². The fourth-order valence-corrected chi connectivity index (χ4v) is 3.47. The number of hydrogen-bond acceptors (Lipinski definition) is 4. The minimum Gasteiger partial charge on any atom is -0.351 e. The van der Waals surface area contributed by atoms with Crippen molar-refractivity contribution in [1.29, 1.82) is 0 Å². The zero-order valence-electron chi connectivity index (χ0n) is 14.7. The van der Waals surface area contributed by atoms with E-state index >= 15 is 0 Å². The van der Waals surface area contributed by atoms with E-state index in [0.29, 0.717) is 24.8 Å². The predicted molar refractivity (Wildman–Crippen MR) is 100 cm³/mol. The van der Waals surface area contributed by atoms with Crippen LogP contribution in [0.25, 0.3) is 11.1 Å². The SMILES string of the molecule is CN1CCC[C@@H]1CCNC(=O)c1ncccc1-c1cccc(CN)c1. The summed E-state index contributed by atoms with van der Waals surface area (Å²) in [6, 6.07) is 12.3. The Morgan fingerprint density at radius 3 is 3.00 bits per heavy atom. The molecule has 1 aromatic carbocycles. The Bertz CT molecular complexity index is 731. The maximum absolute atomic E-state index is 12.6. The molecule has 0 radical (unpaired) electrons. The summed E-state index contributed by atoms with van der Waals surface area (Å²) in [5.41, 5.74) is 9.05. The van der Waals surface area contributed by atoms with E-state index in [0.717, 1.165) is 29.7 Å². The normalized spacial score (nSPS) is 17.6. The third kappa shape index (κ3) is 4.24. The van der Waals surface area contributed by atoms with Gasteiger partial charge in [-0.05, 0) is 56.1 Å². The summed E-state index contributed by atoms with van der Waals surface area (Å²) >= 11 is 0. The van der Waals surface area contributed by atoms with Gasteiger partial charge in [-0.25, -0.2) is 0 Å². The van der Waals surface area contributed by atoms with E-state index in [1.807, 2.05) is 36.4 Å². The van der Waals surface area contributed by atoms with Gasteiger partial charge in [-0.15, -0.1) is 0 Å². The lowest BCUT2D eigenvalue weighted by molar-refractivity contribution is 0.0946. The molecular weight excluding hydrogens is 312 g/mol. The lowest BCUT2D eigenvalue weighted by Gasteiger charge is -2.19. The molecule has 5 heteroatoms. The maximum atomic E-state index is 12.6. The van der Waals surface area contributed by atoms with E-state index in [2.05, 4.69) is 22.2 Å². The molecule has 0 aliphatic carbocycles. The fourth-order valence-electron chi connectivity index (χ4n) is 3.47. The molecule has 1 atom stereocenters. The first kappa shape index (κ1) is 17.6. The molecule has 1 saturated heterocycles. The standard InChI is InChI=1S/C20H26N4O/c1-24-12-4-7-17(24)9-11-23-20(25)19-18(8-3-10-22-19)16-6-2-5-15(13-16)14-21/h2-3,5-6,8,10,13,17H,4,7,9,11-12,14,21H2,1H3,(H,23,25)/t17-/m1/s1. The number of nitrogens with two attached hydrogens (primary N) is 1. The second kappa shape index (κ2) is 8.23. The second-order valence-electron chi connectivity index (χ2n) is 6.63. The summed E-state index contributed by atoms with van der Waals surface area (Å²) in [5, 5.41) is 3.03. The molecule has 0 unspecified atom stereocenters. The van der Waals surface area contributed by atoms with Crippen LogP contribution in [0.2, 0.25) is 0 Å². The van der Waals surface area contributed by atoms with Crippen molar-refractivity contribution in [3.05, 3.63) is 53.9 Å². The average molecular weight is 338 g/mol. The highest BCUT2D eigenvalue weighted by Gasteiger charge is 2.21. The van der Waals surface area contributed by atoms with Gasteiger partial charge in [-0.2, -0.15) is 0 Å². The van der Waals surface area contributed by atoms with Gasteiger partial charge < -0.3 is 16.0 Å². The van der Waals surface area contributed by atoms with Crippen LogP contribution in [0.5, 0.6) is 0 Å². The number of likely N-dealkylation sites (tertiary alicyclic amines) is 1. The van der Waals surface area contributed by atoms with E-state index in [9.17, 15) is 4.79 Å². The molecular formula is C20H26N4O. The summed E-state index contributed by atoms with van der Waals surface area (Å²) in [4.78, 5) is 19.3. The van der Waals surface area contributed by atoms with Gasteiger partial charge in [0.25, 0.3) is 5.91 Å². The van der Waals surface area contributed by atoms with Gasteiger partial charge >= 0.3 is 0 Å². The zero-order chi connectivity index (χ0) is 17.6. The molecule has 3 rings (SSSR count). The van der Waals surface area contributed by atoms with Crippen molar-refractivity contribution in [2.45, 2.75) is 31.8 Å². The van der Waals surface area contributed by atoms with E-state index in [-0.39, 0.29) is 5.91 Å². The van der Waals surface area contributed by atoms with Crippen LogP contribution in [-0.2, 0) is 6.54 Å². The highest BCUT2D eigenvalue weighted by atomic mass is 16.1. The van der Waals surface area contributed by atoms with E-state index < -0.39 is 0 Å². The Morgan fingerprint density at radius 1 is 1.36 bits per heavy atom. The number of aromatic nitrogens is 1. The molecule has 1 fully saturated rings. The molecule has 1 aromatic heterocycles. The molecule has 25 heavy (non-hydrogen) atoms. The maximum Gasteiger partial charge on any atom is 0.270 e. The topological polar surface area (TPSA) is 71.2 Å². The number of nitrogens with one attached hydrogen (secondary N) is 1. The molecule has 2 aromatic rings. The molecule has 0 saturated carbocycles. The number of rotatable bonds is 6. The lowest BCUT2D eigenvalue weighted by Crippen LogP contribution is -2.32. The number of nitrogens with zero attached hydrogens (tertiary/aromatic N) is 2. The van der Waals surface area contributed by atoms with Gasteiger partial charge in [-0.1, -0.05) is 24.3 Å². The van der Waals surface area contributed by atoms with Gasteiger partial charge in [0.15, 0.2) is 0 Å². The quantitative estimate of drug-likeness (QED) is 0.848. The smallest absolute Gasteiger partial charge is 0.270 e. The number of hydrogen-bond donors (Lipinski definition) is 2. The minimum atomic E-state index is -0.116. The van der Waals surface area contributed by atoms with Crippen molar-refractivity contribution in [2.24, 2.45) is 5.73 Å². The predicted octanol–water partition coefficient (Wildman–Crippen LogP) is 2.42. The summed E-state index contributed by atoms with van der Waals surface area (Å²) < 4.78 is 0. The average Bonchev–Trinajstić information content (AvgIpc) is 3.06. The van der Waals surface area contributed by atoms with Gasteiger partial charge in [-0.3, -0.25) is 9.78 Å². The third-order valence-electron chi connectivity index (χ3n) is 4.93. The number of benzene rings is 1. The van der Waals surface area contributed by atoms with Gasteiger partial charge in [0.2, 0.25) is 0 Å². The molecule has 0 spiro atoms. The first-order valence-corrected chi connectivity index (χ1v) is 8.92. The van der Waals surface area contributed by atoms with E-state index in [1.165, 1.54) is 12.8 Å². The monoisotopic (exact) mass is 338 g/mol. The van der Waals surface area contributed by atoms with Crippen LogP contribution in [0, 0.1) is 0 Å². The second-order valence-corrected chi connectivity index (χ2v) is 6.63. The van der Waals surface area contributed by atoms with Crippen molar-refractivity contribution in [1.82, 2.24) is 15.2 Å². The third-order valence-corrected chi connectivity index (χ3v) is 4.93. The zero-order valence-corrected chi connectivity index (χ0v) is 14.7. The van der Waals surface area contributed by atoms with Crippen molar-refractivity contribution in [3.8, 4) is 11.1 Å². The molecule has 1 amide bonds. The van der Waals surface area contributed by atoms with Crippen molar-refractivity contribution >= 4 is 5.91 Å². The molecule has 2 heterocycles. The number of carbonyl (C=O) groups is 1. The Kier molecular flexibility index (Phi) is 5.79. The van der Waals surface area contributed by atoms with Gasteiger partial charge in [0.05, 0.1) is 0 Å². The van der Waals surface area contributed by atoms with Crippen LogP contribution >= 0.6 is 0 Å². The molecule has 132 valence electrons. The van der Waals surface area contributed by atoms with E-state index in [1.54, 1.807) is 6.20 Å². The molecule has 1 aliphatic heterocycles. The van der Waals surface area contributed by atoms with E-state index in [4.69, 9.17) is 5.73 Å². The Morgan fingerprint density at radius 2 is 2.24 bits per heavy atom. The summed E-state index contributed by atoms with van der Waals surface area (Å²) in [5.74, 6) is -0.116. The summed E-state index contributed by atoms with van der Waals surface area (Å²) in [7, 11) is 2.15. The van der Waals surface area contributed by atoms with Crippen LogP contribution in [0.15, 0.2) is 42.6 Å². The number of amides is 1. The van der Waals surface area contributed by atoms with Crippen LogP contribution in [0.1, 0.15) is 35.3 Å². The summed E-state index contributed by atoms with van der Waals surface area (Å²) in [6.45, 7) is 2.30. The lowest BCUT2D eigenvalue weighted by atomic mass is 10.0. The largest absolute Gasteiger partial charge is 0.351 e. The van der Waals surface area contributed by atoms with Crippen LogP contribution in [0.4, 0.5) is 0 Å². The first-order valence-electron chi connectivity index (χ1n) is 8.92. The van der Waals surface area contributed by atoms with Crippen molar-refractivity contribution < 1.29 is 4.79 Å². The van der Waals surface area contributed by atoms with Crippen LogP contribution in [-0.4, -0.2) is 42.0 Å². The highest BCUT2D eigenvalue weighted by molar-refractivity contribution is 5.98. The van der Waals surface area contributed by atoms with Gasteiger partial charge in [0, 0.05) is 30.9 Å². The number of pyridine rings is 1. The summed E-state index contributed by atoms with van der Waals surface area (Å²) in [6.07, 6.45) is 5.10. The van der Waals surface area contributed by atoms with Crippen molar-refractivity contribution in [3.63, 3.8) is 0 Å². The van der Waals surface area contributed by atoms with Gasteiger partial charge in [0.1, 0.15) is 5.69 Å². The Balaban J connectivity index is 1.70. The van der Waals surface area contributed by atoms with Crippen LogP contribution < -0.4 is 11.1 Å². The Hall–Kier alpha value is -2.24. The molecule has 0 bridgehead atoms. The molecule has 1 aliphatic rings. The molecule has 5 nitrogen and oxygen atoms in total. The highest BCUT2D eigenvalue weighted by Crippen LogP contribution is 2.23. The molecule has 3 N–H and O–H groups in total. The first-order chi connectivity index (χ1) is 12.2.